The Hall–Kier alpha value is -1.33. The number of thioether (sulfide) groups is 1. The summed E-state index contributed by atoms with van der Waals surface area (Å²) in [5.74, 6) is 2.21. The van der Waals surface area contributed by atoms with E-state index < -0.39 is 0 Å². The molecule has 100 valence electrons. The van der Waals surface area contributed by atoms with E-state index in [1.54, 1.807) is 11.8 Å². The summed E-state index contributed by atoms with van der Waals surface area (Å²) in [6, 6.07) is 10.2. The predicted octanol–water partition coefficient (Wildman–Crippen LogP) is 2.74. The summed E-state index contributed by atoms with van der Waals surface area (Å²) in [5, 5.41) is 4.06. The Bertz CT molecular complexity index is 531. The lowest BCUT2D eigenvalue weighted by atomic mass is 9.69. The van der Waals surface area contributed by atoms with Crippen molar-refractivity contribution in [3.05, 3.63) is 42.0 Å². The van der Waals surface area contributed by atoms with E-state index in [0.29, 0.717) is 6.54 Å². The van der Waals surface area contributed by atoms with Crippen LogP contribution in [0, 0.1) is 0 Å². The molecular weight excluding hydrogens is 258 g/mol. The fourth-order valence-electron chi connectivity index (χ4n) is 2.30. The number of nitrogens with zero attached hydrogens (tertiary/aromatic N) is 2. The van der Waals surface area contributed by atoms with Crippen molar-refractivity contribution in [2.24, 2.45) is 5.73 Å². The highest BCUT2D eigenvalue weighted by Gasteiger charge is 2.42. The molecule has 1 aliphatic carbocycles. The van der Waals surface area contributed by atoms with Crippen LogP contribution in [-0.4, -0.2) is 16.7 Å². The molecule has 1 saturated carbocycles. The van der Waals surface area contributed by atoms with Crippen molar-refractivity contribution in [1.82, 2.24) is 10.1 Å². The molecule has 0 bridgehead atoms. The molecule has 0 radical (unpaired) electrons. The largest absolute Gasteiger partial charge is 0.339 e. The Labute approximate surface area is 116 Å². The summed E-state index contributed by atoms with van der Waals surface area (Å²) in [6.07, 6.45) is 3.33. The summed E-state index contributed by atoms with van der Waals surface area (Å²) >= 11 is 1.71. The van der Waals surface area contributed by atoms with Crippen molar-refractivity contribution in [3.8, 4) is 0 Å². The quantitative estimate of drug-likeness (QED) is 0.850. The van der Waals surface area contributed by atoms with E-state index in [1.165, 1.54) is 11.3 Å². The van der Waals surface area contributed by atoms with Gasteiger partial charge in [0.2, 0.25) is 5.89 Å². The van der Waals surface area contributed by atoms with Gasteiger partial charge >= 0.3 is 0 Å². The molecule has 2 aromatic rings. The fraction of sp³-hybridized carbons (Fsp3) is 0.429. The first-order valence-corrected chi connectivity index (χ1v) is 7.52. The van der Waals surface area contributed by atoms with Gasteiger partial charge < -0.3 is 10.3 Å². The zero-order valence-corrected chi connectivity index (χ0v) is 11.5. The molecule has 1 heterocycles. The lowest BCUT2D eigenvalue weighted by molar-refractivity contribution is 0.181. The van der Waals surface area contributed by atoms with Gasteiger partial charge in [-0.25, -0.2) is 0 Å². The molecule has 1 aliphatic rings. The van der Waals surface area contributed by atoms with Gasteiger partial charge in [0.05, 0.1) is 11.2 Å². The van der Waals surface area contributed by atoms with Crippen LogP contribution in [0.4, 0.5) is 0 Å². The third-order valence-corrected chi connectivity index (χ3v) is 4.74. The van der Waals surface area contributed by atoms with E-state index in [0.717, 1.165) is 30.3 Å². The molecule has 0 amide bonds. The van der Waals surface area contributed by atoms with Crippen LogP contribution in [0.1, 0.15) is 31.0 Å². The summed E-state index contributed by atoms with van der Waals surface area (Å²) in [7, 11) is 0. The van der Waals surface area contributed by atoms with E-state index in [-0.39, 0.29) is 5.41 Å². The Kier molecular flexibility index (Phi) is 3.57. The molecule has 1 fully saturated rings. The highest BCUT2D eigenvalue weighted by Crippen LogP contribution is 2.42. The van der Waals surface area contributed by atoms with Crippen LogP contribution in [-0.2, 0) is 11.2 Å². The number of nitrogens with two attached hydrogens (primary N) is 1. The highest BCUT2D eigenvalue weighted by atomic mass is 32.2. The van der Waals surface area contributed by atoms with Gasteiger partial charge in [-0.2, -0.15) is 4.98 Å². The summed E-state index contributed by atoms with van der Waals surface area (Å²) < 4.78 is 5.40. The minimum Gasteiger partial charge on any atom is -0.339 e. The molecule has 0 atom stereocenters. The maximum absolute atomic E-state index is 5.84. The fourth-order valence-corrected chi connectivity index (χ4v) is 3.06. The molecular formula is C14H17N3OS. The second-order valence-electron chi connectivity index (χ2n) is 4.96. The molecule has 19 heavy (non-hydrogen) atoms. The minimum absolute atomic E-state index is 0.0390. The maximum atomic E-state index is 5.84. The van der Waals surface area contributed by atoms with Gasteiger partial charge in [0.25, 0.3) is 0 Å². The zero-order valence-electron chi connectivity index (χ0n) is 10.7. The molecule has 0 saturated heterocycles. The second kappa shape index (κ2) is 5.35. The maximum Gasteiger partial charge on any atom is 0.234 e. The van der Waals surface area contributed by atoms with Crippen LogP contribution in [0.5, 0.6) is 0 Å². The van der Waals surface area contributed by atoms with Gasteiger partial charge in [0, 0.05) is 11.4 Å². The van der Waals surface area contributed by atoms with Crippen molar-refractivity contribution in [1.29, 1.82) is 0 Å². The van der Waals surface area contributed by atoms with E-state index in [4.69, 9.17) is 10.3 Å². The van der Waals surface area contributed by atoms with Crippen molar-refractivity contribution in [2.45, 2.75) is 35.3 Å². The Morgan fingerprint density at radius 3 is 2.68 bits per heavy atom. The van der Waals surface area contributed by atoms with Gasteiger partial charge in [-0.05, 0) is 25.0 Å². The normalized spacial score (nSPS) is 17.1. The van der Waals surface area contributed by atoms with E-state index >= 15 is 0 Å². The second-order valence-corrected chi connectivity index (χ2v) is 6.00. The molecule has 2 N–H and O–H groups in total. The van der Waals surface area contributed by atoms with Gasteiger partial charge in [-0.15, -0.1) is 11.8 Å². The molecule has 0 aliphatic heterocycles. The Morgan fingerprint density at radius 2 is 2.05 bits per heavy atom. The van der Waals surface area contributed by atoms with Crippen LogP contribution in [0.15, 0.2) is 39.8 Å². The standard InChI is InChI=1S/C14H17N3OS/c15-10-14(7-4-8-14)13-16-12(17-18-13)9-19-11-5-2-1-3-6-11/h1-3,5-6H,4,7-10,15H2. The first-order valence-electron chi connectivity index (χ1n) is 6.53. The van der Waals surface area contributed by atoms with Crippen LogP contribution >= 0.6 is 11.8 Å². The van der Waals surface area contributed by atoms with Gasteiger partial charge in [0.15, 0.2) is 5.82 Å². The van der Waals surface area contributed by atoms with Crippen molar-refractivity contribution in [2.75, 3.05) is 6.54 Å². The van der Waals surface area contributed by atoms with Gasteiger partial charge in [-0.1, -0.05) is 29.8 Å². The van der Waals surface area contributed by atoms with Crippen LogP contribution in [0.25, 0.3) is 0 Å². The number of hydrogen-bond acceptors (Lipinski definition) is 5. The number of hydrogen-bond donors (Lipinski definition) is 1. The van der Waals surface area contributed by atoms with Crippen molar-refractivity contribution < 1.29 is 4.52 Å². The van der Waals surface area contributed by atoms with Crippen molar-refractivity contribution in [3.63, 3.8) is 0 Å². The summed E-state index contributed by atoms with van der Waals surface area (Å²) in [4.78, 5) is 5.73. The average Bonchev–Trinajstić information content (AvgIpc) is 2.86. The first-order chi connectivity index (χ1) is 9.32. The molecule has 1 aromatic carbocycles. The van der Waals surface area contributed by atoms with Crippen LogP contribution in [0.2, 0.25) is 0 Å². The number of rotatable bonds is 5. The van der Waals surface area contributed by atoms with Crippen molar-refractivity contribution >= 4 is 11.8 Å². The molecule has 4 nitrogen and oxygen atoms in total. The third kappa shape index (κ3) is 2.53. The highest BCUT2D eigenvalue weighted by molar-refractivity contribution is 7.98. The number of benzene rings is 1. The predicted molar refractivity (Wildman–Crippen MR) is 74.9 cm³/mol. The molecule has 3 rings (SSSR count). The van der Waals surface area contributed by atoms with Gasteiger partial charge in [-0.3, -0.25) is 0 Å². The lowest BCUT2D eigenvalue weighted by Gasteiger charge is -2.36. The monoisotopic (exact) mass is 275 g/mol. The lowest BCUT2D eigenvalue weighted by Crippen LogP contribution is -2.41. The Morgan fingerprint density at radius 1 is 1.26 bits per heavy atom. The molecule has 0 unspecified atom stereocenters. The van der Waals surface area contributed by atoms with E-state index in [2.05, 4.69) is 22.3 Å². The average molecular weight is 275 g/mol. The SMILES string of the molecule is NCC1(c2nc(CSc3ccccc3)no2)CCC1. The molecule has 5 heteroatoms. The minimum atomic E-state index is -0.0390. The third-order valence-electron chi connectivity index (χ3n) is 3.73. The summed E-state index contributed by atoms with van der Waals surface area (Å²) in [5.41, 5.74) is 5.80. The Balaban J connectivity index is 1.65. The first kappa shape index (κ1) is 12.7. The van der Waals surface area contributed by atoms with Crippen LogP contribution < -0.4 is 5.73 Å². The number of aromatic nitrogens is 2. The zero-order chi connectivity index (χ0) is 13.1. The molecule has 0 spiro atoms. The summed E-state index contributed by atoms with van der Waals surface area (Å²) in [6.45, 7) is 0.598. The van der Waals surface area contributed by atoms with E-state index in [9.17, 15) is 0 Å². The van der Waals surface area contributed by atoms with E-state index in [1.807, 2.05) is 18.2 Å². The smallest absolute Gasteiger partial charge is 0.234 e. The van der Waals surface area contributed by atoms with Crippen LogP contribution in [0.3, 0.4) is 0 Å². The topological polar surface area (TPSA) is 64.9 Å². The van der Waals surface area contributed by atoms with Gasteiger partial charge in [0.1, 0.15) is 0 Å². The molecule has 1 aromatic heterocycles.